The third-order valence-electron chi connectivity index (χ3n) is 4.58. The van der Waals surface area contributed by atoms with Crippen molar-refractivity contribution >= 4 is 21.7 Å². The number of aromatic nitrogens is 4. The standard InChI is InChI=1S/C16H16BrFN6O3/c17-11-7-10(5-6-12(11)18)24-15(23-26-16(24)25)13-14(22-27-21-13)20-9-3-1-8(19)2-4-9/h5-9H,1-4,19H2,(H,20,22). The maximum Gasteiger partial charge on any atom is 0.446 e. The third kappa shape index (κ3) is 3.52. The molecule has 0 unspecified atom stereocenters. The normalized spacial score (nSPS) is 20.0. The van der Waals surface area contributed by atoms with Crippen LogP contribution in [0.15, 0.2) is 36.6 Å². The van der Waals surface area contributed by atoms with Gasteiger partial charge in [0.15, 0.2) is 5.69 Å². The van der Waals surface area contributed by atoms with E-state index in [1.54, 1.807) is 0 Å². The highest BCUT2D eigenvalue weighted by molar-refractivity contribution is 9.10. The van der Waals surface area contributed by atoms with Crippen molar-refractivity contribution in [1.29, 1.82) is 0 Å². The molecule has 27 heavy (non-hydrogen) atoms. The molecule has 0 aliphatic heterocycles. The Hall–Kier alpha value is -2.53. The number of hydrogen-bond donors (Lipinski definition) is 2. The number of nitrogens with zero attached hydrogens (tertiary/aromatic N) is 4. The van der Waals surface area contributed by atoms with Crippen LogP contribution in [-0.4, -0.2) is 32.1 Å². The molecule has 9 nitrogen and oxygen atoms in total. The van der Waals surface area contributed by atoms with E-state index in [1.807, 2.05) is 0 Å². The molecule has 1 aliphatic rings. The molecular formula is C16H16BrFN6O3. The van der Waals surface area contributed by atoms with Crippen molar-refractivity contribution in [2.24, 2.45) is 5.73 Å². The predicted molar refractivity (Wildman–Crippen MR) is 96.9 cm³/mol. The fourth-order valence-corrected chi connectivity index (χ4v) is 3.50. The van der Waals surface area contributed by atoms with Gasteiger partial charge in [0, 0.05) is 12.1 Å². The second kappa shape index (κ2) is 7.24. The average Bonchev–Trinajstić information content (AvgIpc) is 3.25. The number of nitrogens with one attached hydrogen (secondary N) is 1. The minimum Gasteiger partial charge on any atom is -0.363 e. The van der Waals surface area contributed by atoms with Crippen LogP contribution >= 0.6 is 15.9 Å². The molecule has 0 saturated heterocycles. The van der Waals surface area contributed by atoms with Gasteiger partial charge >= 0.3 is 5.76 Å². The van der Waals surface area contributed by atoms with E-state index >= 15 is 0 Å². The van der Waals surface area contributed by atoms with Gasteiger partial charge in [-0.15, -0.1) is 0 Å². The van der Waals surface area contributed by atoms with Gasteiger partial charge in [-0.05, 0) is 70.1 Å². The molecule has 1 aliphatic carbocycles. The van der Waals surface area contributed by atoms with E-state index in [0.29, 0.717) is 11.5 Å². The first kappa shape index (κ1) is 17.9. The van der Waals surface area contributed by atoms with Crippen molar-refractivity contribution in [3.05, 3.63) is 39.0 Å². The molecule has 3 aromatic rings. The fourth-order valence-electron chi connectivity index (χ4n) is 3.14. The number of halogens is 2. The van der Waals surface area contributed by atoms with Crippen molar-refractivity contribution in [2.45, 2.75) is 37.8 Å². The van der Waals surface area contributed by atoms with Gasteiger partial charge in [0.2, 0.25) is 11.6 Å². The van der Waals surface area contributed by atoms with Crippen LogP contribution in [-0.2, 0) is 0 Å². The number of rotatable bonds is 4. The molecule has 1 saturated carbocycles. The van der Waals surface area contributed by atoms with E-state index in [0.717, 1.165) is 25.7 Å². The quantitative estimate of drug-likeness (QED) is 0.635. The summed E-state index contributed by atoms with van der Waals surface area (Å²) in [5.74, 6) is -0.722. The summed E-state index contributed by atoms with van der Waals surface area (Å²) in [4.78, 5) is 12.2. The van der Waals surface area contributed by atoms with E-state index < -0.39 is 11.6 Å². The Morgan fingerprint density at radius 3 is 2.74 bits per heavy atom. The molecule has 142 valence electrons. The topological polar surface area (TPSA) is 125 Å². The van der Waals surface area contributed by atoms with E-state index in [2.05, 4.69) is 36.7 Å². The molecule has 0 bridgehead atoms. The fraction of sp³-hybridized carbons (Fsp3) is 0.375. The molecular weight excluding hydrogens is 423 g/mol. The van der Waals surface area contributed by atoms with Crippen molar-refractivity contribution in [1.82, 2.24) is 20.0 Å². The van der Waals surface area contributed by atoms with Gasteiger partial charge in [-0.3, -0.25) is 4.52 Å². The lowest BCUT2D eigenvalue weighted by Crippen LogP contribution is -2.33. The van der Waals surface area contributed by atoms with Gasteiger partial charge in [0.1, 0.15) is 5.82 Å². The zero-order valence-electron chi connectivity index (χ0n) is 14.1. The Bertz CT molecular complexity index is 1010. The maximum atomic E-state index is 13.5. The first-order valence-electron chi connectivity index (χ1n) is 8.42. The summed E-state index contributed by atoms with van der Waals surface area (Å²) in [7, 11) is 0. The van der Waals surface area contributed by atoms with Gasteiger partial charge in [0.25, 0.3) is 0 Å². The minimum atomic E-state index is -0.735. The molecule has 11 heteroatoms. The number of nitrogens with two attached hydrogens (primary N) is 1. The minimum absolute atomic E-state index is 0.106. The summed E-state index contributed by atoms with van der Waals surface area (Å²) in [6.07, 6.45) is 3.61. The molecule has 1 aromatic carbocycles. The van der Waals surface area contributed by atoms with Gasteiger partial charge < -0.3 is 11.1 Å². The summed E-state index contributed by atoms with van der Waals surface area (Å²) in [6.45, 7) is 0. The first-order valence-corrected chi connectivity index (χ1v) is 9.21. The Kier molecular flexibility index (Phi) is 4.79. The van der Waals surface area contributed by atoms with Crippen molar-refractivity contribution in [3.63, 3.8) is 0 Å². The molecule has 0 radical (unpaired) electrons. The predicted octanol–water partition coefficient (Wildman–Crippen LogP) is 2.46. The second-order valence-electron chi connectivity index (χ2n) is 6.42. The summed E-state index contributed by atoms with van der Waals surface area (Å²) in [6, 6.07) is 4.50. The molecule has 4 rings (SSSR count). The van der Waals surface area contributed by atoms with Gasteiger partial charge in [-0.1, -0.05) is 5.16 Å². The van der Waals surface area contributed by atoms with E-state index in [1.165, 1.54) is 22.8 Å². The largest absolute Gasteiger partial charge is 0.446 e. The van der Waals surface area contributed by atoms with Crippen LogP contribution in [0, 0.1) is 5.82 Å². The zero-order valence-corrected chi connectivity index (χ0v) is 15.6. The van der Waals surface area contributed by atoms with Gasteiger partial charge in [0.05, 0.1) is 10.2 Å². The Balaban J connectivity index is 1.68. The lowest BCUT2D eigenvalue weighted by Gasteiger charge is -2.26. The zero-order chi connectivity index (χ0) is 19.0. The molecule has 0 atom stereocenters. The third-order valence-corrected chi connectivity index (χ3v) is 5.19. The number of benzene rings is 1. The van der Waals surface area contributed by atoms with Crippen molar-refractivity contribution in [2.75, 3.05) is 5.32 Å². The molecule has 2 aromatic heterocycles. The lowest BCUT2D eigenvalue weighted by atomic mass is 9.92. The number of hydrogen-bond acceptors (Lipinski definition) is 8. The summed E-state index contributed by atoms with van der Waals surface area (Å²) >= 11 is 3.10. The second-order valence-corrected chi connectivity index (χ2v) is 7.28. The van der Waals surface area contributed by atoms with Gasteiger partial charge in [-0.25, -0.2) is 18.4 Å². The van der Waals surface area contributed by atoms with Crippen LogP contribution in [0.25, 0.3) is 17.2 Å². The molecule has 2 heterocycles. The van der Waals surface area contributed by atoms with Crippen LogP contribution in [0.2, 0.25) is 0 Å². The highest BCUT2D eigenvalue weighted by Crippen LogP contribution is 2.28. The molecule has 1 fully saturated rings. The van der Waals surface area contributed by atoms with Crippen LogP contribution in [0.3, 0.4) is 0 Å². The highest BCUT2D eigenvalue weighted by atomic mass is 79.9. The SMILES string of the molecule is NC1CCC(Nc2nonc2-c2noc(=O)n2-c2ccc(F)c(Br)c2)CC1. The smallest absolute Gasteiger partial charge is 0.363 e. The molecule has 0 amide bonds. The van der Waals surface area contributed by atoms with Crippen molar-refractivity contribution < 1.29 is 13.5 Å². The first-order chi connectivity index (χ1) is 13.0. The van der Waals surface area contributed by atoms with E-state index in [-0.39, 0.29) is 28.1 Å². The van der Waals surface area contributed by atoms with Crippen LogP contribution < -0.4 is 16.8 Å². The monoisotopic (exact) mass is 438 g/mol. The molecule has 3 N–H and O–H groups in total. The lowest BCUT2D eigenvalue weighted by molar-refractivity contribution is 0.308. The highest BCUT2D eigenvalue weighted by Gasteiger charge is 2.26. The number of anilines is 1. The summed E-state index contributed by atoms with van der Waals surface area (Å²) in [5, 5.41) is 14.8. The van der Waals surface area contributed by atoms with Crippen LogP contribution in [0.5, 0.6) is 0 Å². The average molecular weight is 439 g/mol. The van der Waals surface area contributed by atoms with Crippen molar-refractivity contribution in [3.8, 4) is 17.2 Å². The van der Waals surface area contributed by atoms with E-state index in [9.17, 15) is 9.18 Å². The molecule has 0 spiro atoms. The maximum absolute atomic E-state index is 13.5. The Labute approximate surface area is 160 Å². The van der Waals surface area contributed by atoms with E-state index in [4.69, 9.17) is 14.9 Å². The summed E-state index contributed by atoms with van der Waals surface area (Å²) < 4.78 is 24.6. The van der Waals surface area contributed by atoms with Crippen LogP contribution in [0.4, 0.5) is 10.2 Å². The summed E-state index contributed by atoms with van der Waals surface area (Å²) in [5.41, 5.74) is 6.53. The Morgan fingerprint density at radius 2 is 2.00 bits per heavy atom. The van der Waals surface area contributed by atoms with Crippen LogP contribution in [0.1, 0.15) is 25.7 Å². The Morgan fingerprint density at radius 1 is 1.22 bits per heavy atom. The van der Waals surface area contributed by atoms with Gasteiger partial charge in [-0.2, -0.15) is 0 Å².